The fourth-order valence-electron chi connectivity index (χ4n) is 2.32. The van der Waals surface area contributed by atoms with Gasteiger partial charge >= 0.3 is 6.18 Å². The van der Waals surface area contributed by atoms with E-state index in [0.717, 1.165) is 11.8 Å². The van der Waals surface area contributed by atoms with Crippen molar-refractivity contribution < 1.29 is 26.4 Å². The van der Waals surface area contributed by atoms with E-state index in [-0.39, 0.29) is 22.1 Å². The zero-order valence-corrected chi connectivity index (χ0v) is 16.7. The summed E-state index contributed by atoms with van der Waals surface area (Å²) in [6, 6.07) is 6.08. The van der Waals surface area contributed by atoms with Crippen LogP contribution < -0.4 is 5.32 Å². The quantitative estimate of drug-likeness (QED) is 0.647. The number of rotatable bonds is 5. The number of amides is 1. The second-order valence-corrected chi connectivity index (χ2v) is 8.99. The minimum Gasteiger partial charge on any atom is -0.345 e. The van der Waals surface area contributed by atoms with E-state index in [1.807, 2.05) is 6.92 Å². The number of aromatic nitrogens is 4. The first-order valence-electron chi connectivity index (χ1n) is 8.05. The molecule has 0 aliphatic heterocycles. The van der Waals surface area contributed by atoms with Crippen LogP contribution >= 0.6 is 11.3 Å². The Morgan fingerprint density at radius 2 is 1.86 bits per heavy atom. The Balaban J connectivity index is 1.75. The second-order valence-electron chi connectivity index (χ2n) is 5.99. The first kappa shape index (κ1) is 20.9. The smallest absolute Gasteiger partial charge is 0.345 e. The van der Waals surface area contributed by atoms with E-state index in [2.05, 4.69) is 20.6 Å². The molecule has 0 spiro atoms. The van der Waals surface area contributed by atoms with Crippen LogP contribution in [0.3, 0.4) is 0 Å². The summed E-state index contributed by atoms with van der Waals surface area (Å²) in [5.41, 5.74) is -0.325. The maximum Gasteiger partial charge on any atom is 0.435 e. The third kappa shape index (κ3) is 4.45. The number of benzene rings is 1. The van der Waals surface area contributed by atoms with Crippen molar-refractivity contribution in [3.8, 4) is 0 Å². The summed E-state index contributed by atoms with van der Waals surface area (Å²) in [5.74, 6) is -0.987. The van der Waals surface area contributed by atoms with E-state index in [1.165, 1.54) is 19.1 Å². The standard InChI is InChI=1S/C16H14F3N5O3S2/c1-9-3-5-12(6-4-9)29(26,27)24-8-11(22-23-24)7-20-15(25)13-14(16(17,18)19)21-10(2)28-13/h3-6,8H,7H2,1-2H3,(H,20,25). The van der Waals surface area contributed by atoms with Gasteiger partial charge in [-0.2, -0.15) is 21.6 Å². The van der Waals surface area contributed by atoms with Gasteiger partial charge in [-0.1, -0.05) is 22.9 Å². The van der Waals surface area contributed by atoms with E-state index in [9.17, 15) is 26.4 Å². The molecule has 0 bridgehead atoms. The molecule has 3 rings (SSSR count). The molecule has 0 aliphatic carbocycles. The Hall–Kier alpha value is -2.80. The molecule has 29 heavy (non-hydrogen) atoms. The molecule has 0 fully saturated rings. The van der Waals surface area contributed by atoms with Crippen molar-refractivity contribution in [3.63, 3.8) is 0 Å². The lowest BCUT2D eigenvalue weighted by Gasteiger charge is -2.06. The van der Waals surface area contributed by atoms with Crippen molar-refractivity contribution >= 4 is 27.3 Å². The third-order valence-electron chi connectivity index (χ3n) is 3.72. The maximum atomic E-state index is 13.0. The minimum atomic E-state index is -4.76. The highest BCUT2D eigenvalue weighted by atomic mass is 32.2. The number of alkyl halides is 3. The van der Waals surface area contributed by atoms with Crippen LogP contribution in [0.1, 0.15) is 31.6 Å². The van der Waals surface area contributed by atoms with Gasteiger partial charge in [-0.15, -0.1) is 20.5 Å². The van der Waals surface area contributed by atoms with Crippen molar-refractivity contribution in [3.05, 3.63) is 57.3 Å². The molecule has 2 aromatic heterocycles. The van der Waals surface area contributed by atoms with Crippen molar-refractivity contribution in [1.82, 2.24) is 24.7 Å². The van der Waals surface area contributed by atoms with Gasteiger partial charge in [0.2, 0.25) is 0 Å². The van der Waals surface area contributed by atoms with Gasteiger partial charge in [-0.3, -0.25) is 4.79 Å². The summed E-state index contributed by atoms with van der Waals surface area (Å²) in [5, 5.41) is 9.56. The van der Waals surface area contributed by atoms with Crippen LogP contribution in [-0.4, -0.2) is 33.7 Å². The molecular weight excluding hydrogens is 431 g/mol. The Bertz CT molecular complexity index is 1150. The molecule has 13 heteroatoms. The molecule has 0 atom stereocenters. The minimum absolute atomic E-state index is 0.00135. The molecule has 0 saturated heterocycles. The van der Waals surface area contributed by atoms with Gasteiger partial charge in [0, 0.05) is 0 Å². The number of hydrogen-bond acceptors (Lipinski definition) is 7. The lowest BCUT2D eigenvalue weighted by molar-refractivity contribution is -0.141. The van der Waals surface area contributed by atoms with Crippen LogP contribution in [0, 0.1) is 13.8 Å². The molecule has 0 unspecified atom stereocenters. The lowest BCUT2D eigenvalue weighted by Crippen LogP contribution is -2.25. The Kier molecular flexibility index (Phi) is 5.45. The largest absolute Gasteiger partial charge is 0.435 e. The van der Waals surface area contributed by atoms with Crippen LogP contribution in [0.5, 0.6) is 0 Å². The fraction of sp³-hybridized carbons (Fsp3) is 0.250. The Morgan fingerprint density at radius 3 is 2.48 bits per heavy atom. The van der Waals surface area contributed by atoms with Gasteiger partial charge in [0.15, 0.2) is 5.69 Å². The highest BCUT2D eigenvalue weighted by Crippen LogP contribution is 2.34. The van der Waals surface area contributed by atoms with E-state index in [4.69, 9.17) is 0 Å². The summed E-state index contributed by atoms with van der Waals surface area (Å²) >= 11 is 0.612. The summed E-state index contributed by atoms with van der Waals surface area (Å²) in [6.07, 6.45) is -3.68. The van der Waals surface area contributed by atoms with Gasteiger partial charge in [-0.05, 0) is 26.0 Å². The topological polar surface area (TPSA) is 107 Å². The van der Waals surface area contributed by atoms with E-state index >= 15 is 0 Å². The van der Waals surface area contributed by atoms with Crippen LogP contribution in [0.4, 0.5) is 13.2 Å². The molecule has 2 heterocycles. The van der Waals surface area contributed by atoms with Crippen molar-refractivity contribution in [2.45, 2.75) is 31.5 Å². The number of aryl methyl sites for hydroxylation is 2. The summed E-state index contributed by atoms with van der Waals surface area (Å²) in [7, 11) is -3.97. The van der Waals surface area contributed by atoms with Crippen LogP contribution in [-0.2, 0) is 22.7 Å². The predicted molar refractivity (Wildman–Crippen MR) is 96.8 cm³/mol. The van der Waals surface area contributed by atoms with Crippen LogP contribution in [0.25, 0.3) is 0 Å². The van der Waals surface area contributed by atoms with E-state index in [1.54, 1.807) is 12.1 Å². The molecule has 0 saturated carbocycles. The van der Waals surface area contributed by atoms with Gasteiger partial charge in [0.1, 0.15) is 10.6 Å². The normalized spacial score (nSPS) is 12.2. The Morgan fingerprint density at radius 1 is 1.21 bits per heavy atom. The summed E-state index contributed by atoms with van der Waals surface area (Å²) in [6.45, 7) is 2.86. The molecule has 1 aromatic carbocycles. The molecule has 1 amide bonds. The molecule has 1 N–H and O–H groups in total. The average Bonchev–Trinajstić information content (AvgIpc) is 3.27. The number of carbonyl (C=O) groups is 1. The number of thiazole rings is 1. The SMILES string of the molecule is Cc1ccc(S(=O)(=O)n2cc(CNC(=O)c3sc(C)nc3C(F)(F)F)nn2)cc1. The molecule has 3 aromatic rings. The monoisotopic (exact) mass is 445 g/mol. The highest BCUT2D eigenvalue weighted by molar-refractivity contribution is 7.89. The average molecular weight is 445 g/mol. The first-order chi connectivity index (χ1) is 13.5. The Labute approximate surface area is 167 Å². The number of hydrogen-bond donors (Lipinski definition) is 1. The number of halogens is 3. The van der Waals surface area contributed by atoms with Crippen LogP contribution in [0.2, 0.25) is 0 Å². The third-order valence-corrected chi connectivity index (χ3v) is 6.23. The summed E-state index contributed by atoms with van der Waals surface area (Å²) < 4.78 is 64.6. The van der Waals surface area contributed by atoms with Crippen molar-refractivity contribution in [2.75, 3.05) is 0 Å². The van der Waals surface area contributed by atoms with E-state index < -0.39 is 32.7 Å². The maximum absolute atomic E-state index is 13.0. The molecule has 8 nitrogen and oxygen atoms in total. The fourth-order valence-corrected chi connectivity index (χ4v) is 4.27. The number of nitrogens with one attached hydrogen (secondary N) is 1. The molecular formula is C16H14F3N5O3S2. The molecule has 154 valence electrons. The predicted octanol–water partition coefficient (Wildman–Crippen LogP) is 2.54. The zero-order chi connectivity index (χ0) is 21.4. The number of nitrogens with zero attached hydrogens (tertiary/aromatic N) is 4. The van der Waals surface area contributed by atoms with Gasteiger partial charge in [0.05, 0.1) is 22.6 Å². The molecule has 0 radical (unpaired) electrons. The highest BCUT2D eigenvalue weighted by Gasteiger charge is 2.39. The van der Waals surface area contributed by atoms with E-state index in [0.29, 0.717) is 15.4 Å². The van der Waals surface area contributed by atoms with Crippen molar-refractivity contribution in [1.29, 1.82) is 0 Å². The second kappa shape index (κ2) is 7.55. The first-order valence-corrected chi connectivity index (χ1v) is 10.3. The van der Waals surface area contributed by atoms with Gasteiger partial charge < -0.3 is 5.32 Å². The van der Waals surface area contributed by atoms with Crippen molar-refractivity contribution in [2.24, 2.45) is 0 Å². The van der Waals surface area contributed by atoms with Gasteiger partial charge in [0.25, 0.3) is 15.9 Å². The zero-order valence-electron chi connectivity index (χ0n) is 15.1. The molecule has 0 aliphatic rings. The lowest BCUT2D eigenvalue weighted by atomic mass is 10.2. The number of carbonyl (C=O) groups excluding carboxylic acids is 1. The van der Waals surface area contributed by atoms with Gasteiger partial charge in [-0.25, -0.2) is 4.98 Å². The van der Waals surface area contributed by atoms with Crippen LogP contribution in [0.15, 0.2) is 35.4 Å². The summed E-state index contributed by atoms with van der Waals surface area (Å²) in [4.78, 5) is 14.9.